The van der Waals surface area contributed by atoms with Crippen molar-refractivity contribution < 1.29 is 53.5 Å². The summed E-state index contributed by atoms with van der Waals surface area (Å²) in [7, 11) is -8.00. The summed E-state index contributed by atoms with van der Waals surface area (Å²) in [5.41, 5.74) is 0. The standard InChI is InChI=1S/2C8H19O4P.Ni/c2*1-3-5-7-11-13(9,10)12-8-6-4-2;/h2*3-8H2,1-2H3,(H,9,10);/q;;+2/p-2. The Kier molecular flexibility index (Phi) is 25.7. The van der Waals surface area contributed by atoms with Crippen LogP contribution in [-0.4, -0.2) is 26.4 Å². The second-order valence-corrected chi connectivity index (χ2v) is 8.46. The van der Waals surface area contributed by atoms with E-state index in [4.69, 9.17) is 0 Å². The SMILES string of the molecule is CCCCOP(=O)([O-])OCCCC.CCCCOP(=O)([O-])OCCCC.[Ni+2]. The van der Waals surface area contributed by atoms with Crippen molar-refractivity contribution in [3.05, 3.63) is 0 Å². The minimum absolute atomic E-state index is 0. The maximum Gasteiger partial charge on any atom is 2.00 e. The molecule has 0 saturated carbocycles. The van der Waals surface area contributed by atoms with Gasteiger partial charge in [-0.2, -0.15) is 0 Å². The van der Waals surface area contributed by atoms with Gasteiger partial charge in [0.15, 0.2) is 0 Å². The Hall–Kier alpha value is 0.714. The van der Waals surface area contributed by atoms with Gasteiger partial charge in [-0.25, -0.2) is 0 Å². The van der Waals surface area contributed by atoms with Crippen molar-refractivity contribution in [3.63, 3.8) is 0 Å². The van der Waals surface area contributed by atoms with Gasteiger partial charge in [0.25, 0.3) is 15.6 Å². The summed E-state index contributed by atoms with van der Waals surface area (Å²) in [4.78, 5) is 21.9. The van der Waals surface area contributed by atoms with Gasteiger partial charge >= 0.3 is 16.5 Å². The molecule has 0 aliphatic carbocycles. The molecule has 0 atom stereocenters. The smallest absolute Gasteiger partial charge is 0.756 e. The normalized spacial score (nSPS) is 11.5. The number of hydrogen-bond donors (Lipinski definition) is 0. The van der Waals surface area contributed by atoms with E-state index in [-0.39, 0.29) is 42.9 Å². The quantitative estimate of drug-likeness (QED) is 0.185. The zero-order chi connectivity index (χ0) is 20.3. The van der Waals surface area contributed by atoms with E-state index >= 15 is 0 Å². The van der Waals surface area contributed by atoms with Gasteiger partial charge in [0.2, 0.25) is 0 Å². The second kappa shape index (κ2) is 21.4. The van der Waals surface area contributed by atoms with Crippen molar-refractivity contribution in [2.24, 2.45) is 0 Å². The molecule has 0 unspecified atom stereocenters. The molecule has 0 aromatic heterocycles. The van der Waals surface area contributed by atoms with Crippen LogP contribution in [0.5, 0.6) is 0 Å². The molecule has 0 bridgehead atoms. The van der Waals surface area contributed by atoms with E-state index in [9.17, 15) is 18.9 Å². The molecule has 0 radical (unpaired) electrons. The number of unbranched alkanes of at least 4 members (excludes halogenated alkanes) is 4. The molecular weight excluding hydrogens is 441 g/mol. The summed E-state index contributed by atoms with van der Waals surface area (Å²) in [6, 6.07) is 0. The molecule has 0 aliphatic rings. The van der Waals surface area contributed by atoms with Crippen LogP contribution >= 0.6 is 15.6 Å². The molecule has 0 N–H and O–H groups in total. The van der Waals surface area contributed by atoms with Crippen LogP contribution in [0.3, 0.4) is 0 Å². The zero-order valence-electron chi connectivity index (χ0n) is 17.0. The molecule has 27 heavy (non-hydrogen) atoms. The van der Waals surface area contributed by atoms with Crippen LogP contribution in [0.4, 0.5) is 0 Å². The molecule has 0 aliphatic heterocycles. The Balaban J connectivity index is -0.000000411. The van der Waals surface area contributed by atoms with Gasteiger partial charge in [0.05, 0.1) is 26.4 Å². The van der Waals surface area contributed by atoms with Crippen molar-refractivity contribution in [2.75, 3.05) is 26.4 Å². The largest absolute Gasteiger partial charge is 2.00 e. The Bertz CT molecular complexity index is 335. The fraction of sp³-hybridized carbons (Fsp3) is 1.00. The first-order chi connectivity index (χ1) is 12.2. The Labute approximate surface area is 174 Å². The predicted octanol–water partition coefficient (Wildman–Crippen LogP) is 4.17. The molecule has 0 amide bonds. The van der Waals surface area contributed by atoms with Crippen molar-refractivity contribution in [2.45, 2.75) is 79.1 Å². The number of hydrogen-bond acceptors (Lipinski definition) is 8. The van der Waals surface area contributed by atoms with Crippen molar-refractivity contribution in [3.8, 4) is 0 Å². The van der Waals surface area contributed by atoms with Gasteiger partial charge in [-0.1, -0.05) is 53.4 Å². The van der Waals surface area contributed by atoms with E-state index < -0.39 is 15.6 Å². The van der Waals surface area contributed by atoms with Crippen LogP contribution < -0.4 is 9.79 Å². The summed E-state index contributed by atoms with van der Waals surface area (Å²) in [6.45, 7) is 8.78. The van der Waals surface area contributed by atoms with Crippen LogP contribution in [0.15, 0.2) is 0 Å². The average molecular weight is 477 g/mol. The Morgan fingerprint density at radius 1 is 0.556 bits per heavy atom. The molecule has 0 aromatic carbocycles. The van der Waals surface area contributed by atoms with Gasteiger partial charge in [0.1, 0.15) is 0 Å². The summed E-state index contributed by atoms with van der Waals surface area (Å²) >= 11 is 0. The summed E-state index contributed by atoms with van der Waals surface area (Å²) < 4.78 is 40.3. The van der Waals surface area contributed by atoms with E-state index in [0.717, 1.165) is 51.4 Å². The maximum absolute atomic E-state index is 11.0. The maximum atomic E-state index is 11.0. The molecule has 8 nitrogen and oxygen atoms in total. The Morgan fingerprint density at radius 2 is 0.741 bits per heavy atom. The molecule has 168 valence electrons. The van der Waals surface area contributed by atoms with Crippen LogP contribution in [-0.2, 0) is 43.7 Å². The fourth-order valence-electron chi connectivity index (χ4n) is 1.36. The first-order valence-corrected chi connectivity index (χ1v) is 12.4. The average Bonchev–Trinajstić information content (AvgIpc) is 2.56. The second-order valence-electron chi connectivity index (χ2n) is 5.64. The third kappa shape index (κ3) is 26.7. The van der Waals surface area contributed by atoms with Crippen molar-refractivity contribution >= 4 is 15.6 Å². The van der Waals surface area contributed by atoms with Crippen LogP contribution in [0.1, 0.15) is 79.1 Å². The first-order valence-electron chi connectivity index (χ1n) is 9.44. The van der Waals surface area contributed by atoms with Gasteiger partial charge in [-0.15, -0.1) is 0 Å². The molecule has 0 spiro atoms. The van der Waals surface area contributed by atoms with E-state index in [0.29, 0.717) is 0 Å². The van der Waals surface area contributed by atoms with Crippen LogP contribution in [0, 0.1) is 0 Å². The van der Waals surface area contributed by atoms with Crippen molar-refractivity contribution in [1.82, 2.24) is 0 Å². The third-order valence-electron chi connectivity index (χ3n) is 2.99. The molecule has 0 rings (SSSR count). The summed E-state index contributed by atoms with van der Waals surface area (Å²) in [5, 5.41) is 0. The van der Waals surface area contributed by atoms with Gasteiger partial charge < -0.3 is 27.9 Å². The number of phosphoric ester groups is 2. The minimum Gasteiger partial charge on any atom is -0.756 e. The van der Waals surface area contributed by atoms with E-state index in [1.807, 2.05) is 27.7 Å². The first kappa shape index (κ1) is 32.4. The molecule has 0 fully saturated rings. The van der Waals surface area contributed by atoms with Crippen molar-refractivity contribution in [1.29, 1.82) is 0 Å². The summed E-state index contributed by atoms with van der Waals surface area (Å²) in [6.07, 6.45) is 6.60. The minimum atomic E-state index is -4.00. The molecule has 0 saturated heterocycles. The monoisotopic (exact) mass is 476 g/mol. The summed E-state index contributed by atoms with van der Waals surface area (Å²) in [5.74, 6) is 0. The van der Waals surface area contributed by atoms with Crippen LogP contribution in [0.25, 0.3) is 0 Å². The zero-order valence-corrected chi connectivity index (χ0v) is 19.7. The van der Waals surface area contributed by atoms with Gasteiger partial charge in [-0.3, -0.25) is 9.13 Å². The Morgan fingerprint density at radius 3 is 0.889 bits per heavy atom. The fourth-order valence-corrected chi connectivity index (χ4v) is 2.92. The van der Waals surface area contributed by atoms with Gasteiger partial charge in [-0.05, 0) is 25.7 Å². The molecule has 0 heterocycles. The van der Waals surface area contributed by atoms with Gasteiger partial charge in [0, 0.05) is 0 Å². The molecule has 0 aromatic rings. The van der Waals surface area contributed by atoms with Crippen LogP contribution in [0.2, 0.25) is 0 Å². The third-order valence-corrected chi connectivity index (χ3v) is 4.98. The molecular formula is C16H36NiO8P2. The van der Waals surface area contributed by atoms with E-state index in [1.54, 1.807) is 0 Å². The topological polar surface area (TPSA) is 117 Å². The van der Waals surface area contributed by atoms with E-state index in [2.05, 4.69) is 18.1 Å². The number of phosphoric acid groups is 2. The number of rotatable bonds is 16. The van der Waals surface area contributed by atoms with E-state index in [1.165, 1.54) is 0 Å². The predicted molar refractivity (Wildman–Crippen MR) is 98.7 cm³/mol. The molecule has 11 heteroatoms.